The summed E-state index contributed by atoms with van der Waals surface area (Å²) in [5, 5.41) is 27.3. The zero-order valence-electron chi connectivity index (χ0n) is 13.2. The zero-order chi connectivity index (χ0) is 16.7. The highest BCUT2D eigenvalue weighted by Crippen LogP contribution is 2.36. The SMILES string of the molecule is Cc1cc(O)c(C(C)C)cc1-c1n[nH]c2c(C(=O)O)cccc12. The number of carboxylic acid groups (broad SMARTS) is 1. The van der Waals surface area contributed by atoms with Crippen molar-refractivity contribution < 1.29 is 15.0 Å². The topological polar surface area (TPSA) is 86.2 Å². The van der Waals surface area contributed by atoms with E-state index in [2.05, 4.69) is 10.2 Å². The second kappa shape index (κ2) is 5.43. The summed E-state index contributed by atoms with van der Waals surface area (Å²) in [5.41, 5.74) is 4.02. The van der Waals surface area contributed by atoms with Gasteiger partial charge in [0.05, 0.1) is 11.1 Å². The molecule has 0 saturated heterocycles. The van der Waals surface area contributed by atoms with Crippen LogP contribution in [0.3, 0.4) is 0 Å². The number of hydrogen-bond acceptors (Lipinski definition) is 3. The Hall–Kier alpha value is -2.82. The standard InChI is InChI=1S/C18H18N2O3/c1-9(2)13-8-14(10(3)7-15(13)21)17-11-5-4-6-12(18(22)23)16(11)19-20-17/h4-9,21H,1-3H3,(H,19,20)(H,22,23). The van der Waals surface area contributed by atoms with Gasteiger partial charge in [0, 0.05) is 10.9 Å². The van der Waals surface area contributed by atoms with E-state index in [1.807, 2.05) is 32.9 Å². The number of nitrogens with zero attached hydrogens (tertiary/aromatic N) is 1. The number of aromatic nitrogens is 2. The number of para-hydroxylation sites is 1. The molecule has 3 N–H and O–H groups in total. The van der Waals surface area contributed by atoms with Gasteiger partial charge in [-0.15, -0.1) is 0 Å². The van der Waals surface area contributed by atoms with Gasteiger partial charge >= 0.3 is 5.97 Å². The first-order chi connectivity index (χ1) is 10.9. The molecule has 0 amide bonds. The molecule has 0 saturated carbocycles. The van der Waals surface area contributed by atoms with Gasteiger partial charge in [-0.25, -0.2) is 4.79 Å². The molecule has 0 aliphatic rings. The van der Waals surface area contributed by atoms with Crippen LogP contribution in [0.5, 0.6) is 5.75 Å². The van der Waals surface area contributed by atoms with Crippen LogP contribution in [0.25, 0.3) is 22.2 Å². The zero-order valence-corrected chi connectivity index (χ0v) is 13.2. The Kier molecular flexibility index (Phi) is 3.56. The van der Waals surface area contributed by atoms with Crippen LogP contribution in [0.2, 0.25) is 0 Å². The predicted molar refractivity (Wildman–Crippen MR) is 89.0 cm³/mol. The van der Waals surface area contributed by atoms with Crippen molar-refractivity contribution in [2.75, 3.05) is 0 Å². The van der Waals surface area contributed by atoms with Crippen LogP contribution < -0.4 is 0 Å². The summed E-state index contributed by atoms with van der Waals surface area (Å²) >= 11 is 0. The Morgan fingerprint density at radius 1 is 1.26 bits per heavy atom. The summed E-state index contributed by atoms with van der Waals surface area (Å²) in [6, 6.07) is 8.77. The van der Waals surface area contributed by atoms with Crippen LogP contribution in [-0.4, -0.2) is 26.4 Å². The molecule has 1 aromatic heterocycles. The predicted octanol–water partition coefficient (Wildman–Crippen LogP) is 4.07. The van der Waals surface area contributed by atoms with Gasteiger partial charge in [-0.1, -0.05) is 26.0 Å². The summed E-state index contributed by atoms with van der Waals surface area (Å²) in [6.07, 6.45) is 0. The number of rotatable bonds is 3. The van der Waals surface area contributed by atoms with Gasteiger partial charge in [0.15, 0.2) is 0 Å². The van der Waals surface area contributed by atoms with Crippen LogP contribution in [0.1, 0.15) is 41.3 Å². The fourth-order valence-corrected chi connectivity index (χ4v) is 2.85. The summed E-state index contributed by atoms with van der Waals surface area (Å²) < 4.78 is 0. The van der Waals surface area contributed by atoms with Crippen molar-refractivity contribution in [3.05, 3.63) is 47.0 Å². The van der Waals surface area contributed by atoms with Crippen molar-refractivity contribution in [3.63, 3.8) is 0 Å². The number of carboxylic acids is 1. The lowest BCUT2D eigenvalue weighted by Crippen LogP contribution is -1.96. The van der Waals surface area contributed by atoms with Gasteiger partial charge < -0.3 is 10.2 Å². The molecule has 5 nitrogen and oxygen atoms in total. The maximum absolute atomic E-state index is 11.3. The number of aromatic amines is 1. The number of aromatic hydroxyl groups is 1. The second-order valence-corrected chi connectivity index (χ2v) is 5.99. The van der Waals surface area contributed by atoms with E-state index in [9.17, 15) is 15.0 Å². The lowest BCUT2D eigenvalue weighted by molar-refractivity contribution is 0.0699. The van der Waals surface area contributed by atoms with Crippen molar-refractivity contribution in [2.45, 2.75) is 26.7 Å². The van der Waals surface area contributed by atoms with Crippen molar-refractivity contribution in [3.8, 4) is 17.0 Å². The summed E-state index contributed by atoms with van der Waals surface area (Å²) in [5.74, 6) is -0.544. The van der Waals surface area contributed by atoms with E-state index in [0.29, 0.717) is 11.2 Å². The largest absolute Gasteiger partial charge is 0.508 e. The van der Waals surface area contributed by atoms with Gasteiger partial charge in [0.1, 0.15) is 11.4 Å². The fraction of sp³-hybridized carbons (Fsp3) is 0.222. The van der Waals surface area contributed by atoms with E-state index in [-0.39, 0.29) is 17.2 Å². The van der Waals surface area contributed by atoms with Crippen LogP contribution in [0.4, 0.5) is 0 Å². The lowest BCUT2D eigenvalue weighted by atomic mass is 9.94. The average molecular weight is 310 g/mol. The Labute approximate surface area is 133 Å². The third kappa shape index (κ3) is 2.44. The number of fused-ring (bicyclic) bond motifs is 1. The normalized spacial score (nSPS) is 11.3. The molecule has 0 fully saturated rings. The van der Waals surface area contributed by atoms with Crippen molar-refractivity contribution in [2.24, 2.45) is 0 Å². The van der Waals surface area contributed by atoms with Crippen LogP contribution in [0.15, 0.2) is 30.3 Å². The van der Waals surface area contributed by atoms with Crippen molar-refractivity contribution in [1.29, 1.82) is 0 Å². The molecule has 0 bridgehead atoms. The highest BCUT2D eigenvalue weighted by atomic mass is 16.4. The first-order valence-electron chi connectivity index (χ1n) is 7.44. The lowest BCUT2D eigenvalue weighted by Gasteiger charge is -2.12. The Bertz CT molecular complexity index is 910. The molecule has 3 aromatic rings. The van der Waals surface area contributed by atoms with Crippen LogP contribution in [0, 0.1) is 6.92 Å². The minimum atomic E-state index is -0.990. The number of H-pyrrole nitrogens is 1. The van der Waals surface area contributed by atoms with E-state index in [1.54, 1.807) is 18.2 Å². The molecular weight excluding hydrogens is 292 g/mol. The van der Waals surface area contributed by atoms with E-state index < -0.39 is 5.97 Å². The number of hydrogen-bond donors (Lipinski definition) is 3. The Morgan fingerprint density at radius 2 is 2.00 bits per heavy atom. The number of benzene rings is 2. The summed E-state index contributed by atoms with van der Waals surface area (Å²) in [7, 11) is 0. The smallest absolute Gasteiger partial charge is 0.337 e. The molecule has 2 aromatic carbocycles. The van der Waals surface area contributed by atoms with Crippen LogP contribution in [-0.2, 0) is 0 Å². The molecule has 0 unspecified atom stereocenters. The van der Waals surface area contributed by atoms with Crippen molar-refractivity contribution in [1.82, 2.24) is 10.2 Å². The molecule has 118 valence electrons. The summed E-state index contributed by atoms with van der Waals surface area (Å²) in [6.45, 7) is 5.93. The molecule has 3 rings (SSSR count). The minimum Gasteiger partial charge on any atom is -0.508 e. The third-order valence-electron chi connectivity index (χ3n) is 4.08. The number of nitrogens with one attached hydrogen (secondary N) is 1. The van der Waals surface area contributed by atoms with Gasteiger partial charge in [0.2, 0.25) is 0 Å². The molecule has 1 heterocycles. The third-order valence-corrected chi connectivity index (χ3v) is 4.08. The maximum atomic E-state index is 11.3. The van der Waals surface area contributed by atoms with Gasteiger partial charge in [-0.3, -0.25) is 5.10 Å². The van der Waals surface area contributed by atoms with E-state index >= 15 is 0 Å². The first-order valence-corrected chi connectivity index (χ1v) is 7.44. The molecule has 0 atom stereocenters. The second-order valence-electron chi connectivity index (χ2n) is 5.99. The Morgan fingerprint density at radius 3 is 2.65 bits per heavy atom. The van der Waals surface area contributed by atoms with E-state index in [0.717, 1.165) is 22.1 Å². The van der Waals surface area contributed by atoms with Gasteiger partial charge in [-0.05, 0) is 42.2 Å². The van der Waals surface area contributed by atoms with Crippen LogP contribution >= 0.6 is 0 Å². The number of aryl methyl sites for hydroxylation is 1. The fourth-order valence-electron chi connectivity index (χ4n) is 2.85. The minimum absolute atomic E-state index is 0.175. The van der Waals surface area contributed by atoms with Gasteiger partial charge in [-0.2, -0.15) is 5.10 Å². The average Bonchev–Trinajstić information content (AvgIpc) is 2.90. The number of phenolic OH excluding ortho intramolecular Hbond substituents is 1. The first kappa shape index (κ1) is 15.1. The highest BCUT2D eigenvalue weighted by Gasteiger charge is 2.18. The number of aromatic carboxylic acids is 1. The molecule has 0 aliphatic carbocycles. The number of carbonyl (C=O) groups is 1. The maximum Gasteiger partial charge on any atom is 0.337 e. The molecular formula is C18H18N2O3. The Balaban J connectivity index is 2.28. The molecule has 23 heavy (non-hydrogen) atoms. The molecule has 0 spiro atoms. The molecule has 0 radical (unpaired) electrons. The molecule has 0 aliphatic heterocycles. The highest BCUT2D eigenvalue weighted by molar-refractivity contribution is 6.06. The quantitative estimate of drug-likeness (QED) is 0.680. The van der Waals surface area contributed by atoms with E-state index in [4.69, 9.17) is 0 Å². The van der Waals surface area contributed by atoms with E-state index in [1.165, 1.54) is 0 Å². The number of phenols is 1. The molecule has 5 heteroatoms. The monoisotopic (exact) mass is 310 g/mol. The van der Waals surface area contributed by atoms with Crippen molar-refractivity contribution >= 4 is 16.9 Å². The van der Waals surface area contributed by atoms with Gasteiger partial charge in [0.25, 0.3) is 0 Å². The summed E-state index contributed by atoms with van der Waals surface area (Å²) in [4.78, 5) is 11.3.